The van der Waals surface area contributed by atoms with Crippen LogP contribution in [0.5, 0.6) is 0 Å². The van der Waals surface area contributed by atoms with Gasteiger partial charge in [-0.25, -0.2) is 4.79 Å². The van der Waals surface area contributed by atoms with E-state index in [2.05, 4.69) is 53.7 Å². The number of rotatable bonds is 7. The SMILES string of the molecule is CCCCc1ccc(C#Cc2ccc(CNC(=O)NCCC)cc2)cc1. The molecule has 0 saturated carbocycles. The van der Waals surface area contributed by atoms with Crippen molar-refractivity contribution >= 4 is 6.03 Å². The highest BCUT2D eigenvalue weighted by atomic mass is 16.2. The second kappa shape index (κ2) is 11.0. The van der Waals surface area contributed by atoms with Gasteiger partial charge in [0.05, 0.1) is 0 Å². The van der Waals surface area contributed by atoms with Crippen LogP contribution in [0.15, 0.2) is 48.5 Å². The average Bonchev–Trinajstić information content (AvgIpc) is 2.69. The lowest BCUT2D eigenvalue weighted by Crippen LogP contribution is -2.35. The van der Waals surface area contributed by atoms with Gasteiger partial charge in [0.2, 0.25) is 0 Å². The molecule has 0 aromatic heterocycles. The van der Waals surface area contributed by atoms with E-state index < -0.39 is 0 Å². The molecule has 0 aliphatic carbocycles. The Kier molecular flexibility index (Phi) is 8.29. The summed E-state index contributed by atoms with van der Waals surface area (Å²) in [7, 11) is 0. The number of carbonyl (C=O) groups is 1. The Morgan fingerprint density at radius 3 is 1.92 bits per heavy atom. The maximum Gasteiger partial charge on any atom is 0.315 e. The van der Waals surface area contributed by atoms with Crippen molar-refractivity contribution in [2.75, 3.05) is 6.54 Å². The highest BCUT2D eigenvalue weighted by molar-refractivity contribution is 5.73. The van der Waals surface area contributed by atoms with Gasteiger partial charge >= 0.3 is 6.03 Å². The zero-order valence-electron chi connectivity index (χ0n) is 15.8. The average molecular weight is 348 g/mol. The fraction of sp³-hybridized carbons (Fsp3) is 0.348. The van der Waals surface area contributed by atoms with E-state index in [1.165, 1.54) is 18.4 Å². The number of hydrogen-bond acceptors (Lipinski definition) is 1. The fourth-order valence-corrected chi connectivity index (χ4v) is 2.47. The number of amides is 2. The van der Waals surface area contributed by atoms with Gasteiger partial charge in [-0.3, -0.25) is 0 Å². The lowest BCUT2D eigenvalue weighted by molar-refractivity contribution is 0.240. The molecule has 2 aromatic rings. The molecule has 0 bridgehead atoms. The van der Waals surface area contributed by atoms with Crippen LogP contribution in [0.2, 0.25) is 0 Å². The molecule has 0 atom stereocenters. The van der Waals surface area contributed by atoms with Gasteiger partial charge in [-0.05, 0) is 54.7 Å². The molecule has 2 aromatic carbocycles. The Bertz CT molecular complexity index is 737. The molecule has 2 amide bonds. The predicted octanol–water partition coefficient (Wildman–Crippen LogP) is 4.64. The summed E-state index contributed by atoms with van der Waals surface area (Å²) in [4.78, 5) is 11.5. The summed E-state index contributed by atoms with van der Waals surface area (Å²) in [5.74, 6) is 6.40. The Morgan fingerprint density at radius 2 is 1.38 bits per heavy atom. The van der Waals surface area contributed by atoms with Gasteiger partial charge in [-0.2, -0.15) is 0 Å². The van der Waals surface area contributed by atoms with Crippen molar-refractivity contribution in [2.24, 2.45) is 0 Å². The summed E-state index contributed by atoms with van der Waals surface area (Å²) in [6, 6.07) is 16.4. The minimum absolute atomic E-state index is 0.127. The molecule has 0 spiro atoms. The van der Waals surface area contributed by atoms with Crippen LogP contribution in [0.1, 0.15) is 55.4 Å². The van der Waals surface area contributed by atoms with Gasteiger partial charge in [-0.1, -0.05) is 56.4 Å². The molecule has 0 aliphatic heterocycles. The molecule has 3 nitrogen and oxygen atoms in total. The summed E-state index contributed by atoms with van der Waals surface area (Å²) in [5.41, 5.74) is 4.43. The van der Waals surface area contributed by atoms with Crippen LogP contribution < -0.4 is 10.6 Å². The first-order chi connectivity index (χ1) is 12.7. The quantitative estimate of drug-likeness (QED) is 0.703. The third kappa shape index (κ3) is 7.03. The molecule has 136 valence electrons. The maximum absolute atomic E-state index is 11.5. The van der Waals surface area contributed by atoms with Crippen LogP contribution in [0, 0.1) is 11.8 Å². The molecule has 2 N–H and O–H groups in total. The molecular weight excluding hydrogens is 320 g/mol. The van der Waals surface area contributed by atoms with Crippen LogP contribution in [0.25, 0.3) is 0 Å². The first-order valence-electron chi connectivity index (χ1n) is 9.43. The minimum atomic E-state index is -0.127. The number of benzene rings is 2. The molecule has 2 rings (SSSR count). The molecule has 3 heteroatoms. The van der Waals surface area contributed by atoms with E-state index in [-0.39, 0.29) is 6.03 Å². The largest absolute Gasteiger partial charge is 0.338 e. The summed E-state index contributed by atoms with van der Waals surface area (Å²) in [5, 5.41) is 5.64. The van der Waals surface area contributed by atoms with E-state index >= 15 is 0 Å². The van der Waals surface area contributed by atoms with Crippen molar-refractivity contribution < 1.29 is 4.79 Å². The predicted molar refractivity (Wildman–Crippen MR) is 108 cm³/mol. The van der Waals surface area contributed by atoms with E-state index in [0.717, 1.165) is 29.5 Å². The molecule has 0 aliphatic rings. The van der Waals surface area contributed by atoms with E-state index in [1.54, 1.807) is 0 Å². The van der Waals surface area contributed by atoms with E-state index in [1.807, 2.05) is 31.2 Å². The normalized spacial score (nSPS) is 9.92. The lowest BCUT2D eigenvalue weighted by atomic mass is 10.1. The maximum atomic E-state index is 11.5. The highest BCUT2D eigenvalue weighted by Crippen LogP contribution is 2.08. The van der Waals surface area contributed by atoms with E-state index in [0.29, 0.717) is 13.1 Å². The Hall–Kier alpha value is -2.73. The summed E-state index contributed by atoms with van der Waals surface area (Å²) >= 11 is 0. The zero-order chi connectivity index (χ0) is 18.6. The first kappa shape index (κ1) is 19.6. The Labute approximate surface area is 157 Å². The Morgan fingerprint density at radius 1 is 0.808 bits per heavy atom. The van der Waals surface area contributed by atoms with Gasteiger partial charge in [0.25, 0.3) is 0 Å². The van der Waals surface area contributed by atoms with Gasteiger partial charge in [0, 0.05) is 24.2 Å². The van der Waals surface area contributed by atoms with Crippen molar-refractivity contribution in [1.82, 2.24) is 10.6 Å². The number of aryl methyl sites for hydroxylation is 1. The number of carbonyl (C=O) groups excluding carboxylic acids is 1. The summed E-state index contributed by atoms with van der Waals surface area (Å²) in [6.07, 6.45) is 4.52. The van der Waals surface area contributed by atoms with Crippen LogP contribution >= 0.6 is 0 Å². The second-order valence-electron chi connectivity index (χ2n) is 6.36. The van der Waals surface area contributed by atoms with Crippen molar-refractivity contribution in [3.05, 3.63) is 70.8 Å². The van der Waals surface area contributed by atoms with Crippen molar-refractivity contribution in [1.29, 1.82) is 0 Å². The monoisotopic (exact) mass is 348 g/mol. The number of hydrogen-bond donors (Lipinski definition) is 2. The second-order valence-corrected chi connectivity index (χ2v) is 6.36. The number of urea groups is 1. The summed E-state index contributed by atoms with van der Waals surface area (Å²) in [6.45, 7) is 5.45. The topological polar surface area (TPSA) is 41.1 Å². The molecular formula is C23H28N2O. The van der Waals surface area contributed by atoms with Crippen LogP contribution in [-0.2, 0) is 13.0 Å². The molecule has 0 unspecified atom stereocenters. The van der Waals surface area contributed by atoms with E-state index in [4.69, 9.17) is 0 Å². The summed E-state index contributed by atoms with van der Waals surface area (Å²) < 4.78 is 0. The smallest absolute Gasteiger partial charge is 0.315 e. The highest BCUT2D eigenvalue weighted by Gasteiger charge is 1.99. The van der Waals surface area contributed by atoms with Gasteiger partial charge in [0.1, 0.15) is 0 Å². The van der Waals surface area contributed by atoms with Crippen LogP contribution in [-0.4, -0.2) is 12.6 Å². The van der Waals surface area contributed by atoms with Crippen molar-refractivity contribution in [3.8, 4) is 11.8 Å². The minimum Gasteiger partial charge on any atom is -0.338 e. The molecule has 0 saturated heterocycles. The standard InChI is InChI=1S/C23H28N2O/c1-3-5-6-19-7-9-20(10-8-19)11-12-21-13-15-22(16-14-21)18-25-23(26)24-17-4-2/h7-10,13-16H,3-6,17-18H2,1-2H3,(H2,24,25,26). The molecule has 26 heavy (non-hydrogen) atoms. The molecule has 0 radical (unpaired) electrons. The molecule has 0 heterocycles. The fourth-order valence-electron chi connectivity index (χ4n) is 2.47. The van der Waals surface area contributed by atoms with E-state index in [9.17, 15) is 4.79 Å². The van der Waals surface area contributed by atoms with Crippen LogP contribution in [0.4, 0.5) is 4.79 Å². The van der Waals surface area contributed by atoms with Crippen molar-refractivity contribution in [2.45, 2.75) is 46.1 Å². The number of unbranched alkanes of at least 4 members (excludes halogenated alkanes) is 1. The Balaban J connectivity index is 1.87. The lowest BCUT2D eigenvalue weighted by Gasteiger charge is -2.06. The third-order valence-corrected chi connectivity index (χ3v) is 4.07. The van der Waals surface area contributed by atoms with Gasteiger partial charge < -0.3 is 10.6 Å². The van der Waals surface area contributed by atoms with Gasteiger partial charge in [0.15, 0.2) is 0 Å². The molecule has 0 fully saturated rings. The zero-order valence-corrected chi connectivity index (χ0v) is 15.8. The van der Waals surface area contributed by atoms with Crippen LogP contribution in [0.3, 0.4) is 0 Å². The van der Waals surface area contributed by atoms with Crippen molar-refractivity contribution in [3.63, 3.8) is 0 Å². The van der Waals surface area contributed by atoms with Gasteiger partial charge in [-0.15, -0.1) is 0 Å². The number of nitrogens with one attached hydrogen (secondary N) is 2. The third-order valence-electron chi connectivity index (χ3n) is 4.07. The first-order valence-corrected chi connectivity index (χ1v) is 9.43.